The van der Waals surface area contributed by atoms with Crippen molar-refractivity contribution < 1.29 is 22.7 Å². The summed E-state index contributed by atoms with van der Waals surface area (Å²) in [6.07, 6.45) is -4.49. The zero-order valence-electron chi connectivity index (χ0n) is 13.0. The average molecular weight is 358 g/mol. The lowest BCUT2D eigenvalue weighted by Gasteiger charge is -2.12. The number of rotatable bonds is 4. The number of alkyl halides is 3. The highest BCUT2D eigenvalue weighted by molar-refractivity contribution is 6.33. The van der Waals surface area contributed by atoms with Gasteiger partial charge in [-0.2, -0.15) is 13.2 Å². The molecular weight excluding hydrogens is 343 g/mol. The van der Waals surface area contributed by atoms with Crippen LogP contribution in [0, 0.1) is 13.8 Å². The maximum absolute atomic E-state index is 12.6. The Morgan fingerprint density at radius 3 is 2.42 bits per heavy atom. The predicted molar refractivity (Wildman–Crippen MR) is 86.5 cm³/mol. The first kappa shape index (κ1) is 18.1. The van der Waals surface area contributed by atoms with Gasteiger partial charge in [0.1, 0.15) is 5.75 Å². The smallest absolute Gasteiger partial charge is 0.416 e. The molecule has 0 heterocycles. The molecule has 0 saturated heterocycles. The van der Waals surface area contributed by atoms with Crippen LogP contribution in [0.1, 0.15) is 16.7 Å². The number of aryl methyl sites for hydroxylation is 2. The maximum atomic E-state index is 12.6. The zero-order chi connectivity index (χ0) is 17.9. The van der Waals surface area contributed by atoms with Crippen LogP contribution in [0.4, 0.5) is 18.9 Å². The molecule has 0 atom stereocenters. The molecule has 0 bridgehead atoms. The Balaban J connectivity index is 1.98. The van der Waals surface area contributed by atoms with Crippen molar-refractivity contribution in [3.05, 3.63) is 58.1 Å². The van der Waals surface area contributed by atoms with Gasteiger partial charge >= 0.3 is 6.18 Å². The zero-order valence-corrected chi connectivity index (χ0v) is 13.8. The minimum Gasteiger partial charge on any atom is -0.484 e. The molecule has 0 radical (unpaired) electrons. The van der Waals surface area contributed by atoms with Gasteiger partial charge in [0.05, 0.1) is 16.3 Å². The number of carbonyl (C=O) groups is 1. The van der Waals surface area contributed by atoms with E-state index < -0.39 is 17.6 Å². The summed E-state index contributed by atoms with van der Waals surface area (Å²) in [4.78, 5) is 11.9. The number of amides is 1. The van der Waals surface area contributed by atoms with Crippen molar-refractivity contribution in [2.45, 2.75) is 20.0 Å². The maximum Gasteiger partial charge on any atom is 0.416 e. The second kappa shape index (κ2) is 7.13. The Labute approximate surface area is 142 Å². The molecule has 128 valence electrons. The van der Waals surface area contributed by atoms with Crippen molar-refractivity contribution in [3.8, 4) is 5.75 Å². The van der Waals surface area contributed by atoms with Gasteiger partial charge in [-0.25, -0.2) is 0 Å². The van der Waals surface area contributed by atoms with Gasteiger partial charge in [-0.1, -0.05) is 17.7 Å². The van der Waals surface area contributed by atoms with Crippen molar-refractivity contribution in [1.29, 1.82) is 0 Å². The van der Waals surface area contributed by atoms with Crippen LogP contribution in [0.3, 0.4) is 0 Å². The standard InChI is InChI=1S/C17H15ClF3NO2/c1-10-3-5-13(7-11(10)2)24-9-16(23)22-15-6-4-12(8-14(15)18)17(19,20)21/h3-8H,9H2,1-2H3,(H,22,23). The van der Waals surface area contributed by atoms with Crippen LogP contribution >= 0.6 is 11.6 Å². The highest BCUT2D eigenvalue weighted by Crippen LogP contribution is 2.33. The molecule has 2 aromatic rings. The summed E-state index contributed by atoms with van der Waals surface area (Å²) < 4.78 is 43.1. The molecule has 0 aliphatic rings. The van der Waals surface area contributed by atoms with E-state index in [4.69, 9.17) is 16.3 Å². The average Bonchev–Trinajstić information content (AvgIpc) is 2.49. The lowest BCUT2D eigenvalue weighted by molar-refractivity contribution is -0.137. The van der Waals surface area contributed by atoms with Gasteiger partial charge in [-0.3, -0.25) is 4.79 Å². The first-order valence-electron chi connectivity index (χ1n) is 7.03. The van der Waals surface area contributed by atoms with E-state index >= 15 is 0 Å². The predicted octanol–water partition coefficient (Wildman–Crippen LogP) is 4.99. The molecule has 1 N–H and O–H groups in total. The summed E-state index contributed by atoms with van der Waals surface area (Å²) in [6, 6.07) is 8.13. The van der Waals surface area contributed by atoms with Gasteiger partial charge in [0.2, 0.25) is 0 Å². The van der Waals surface area contributed by atoms with E-state index in [1.807, 2.05) is 19.9 Å². The molecule has 0 aliphatic carbocycles. The van der Waals surface area contributed by atoms with E-state index in [9.17, 15) is 18.0 Å². The molecule has 0 saturated carbocycles. The molecule has 1 amide bonds. The highest BCUT2D eigenvalue weighted by atomic mass is 35.5. The van der Waals surface area contributed by atoms with E-state index in [0.717, 1.165) is 29.3 Å². The van der Waals surface area contributed by atoms with Crippen LogP contribution in [0.25, 0.3) is 0 Å². The van der Waals surface area contributed by atoms with Gasteiger partial charge in [-0.15, -0.1) is 0 Å². The Hall–Kier alpha value is -2.21. The number of carbonyl (C=O) groups excluding carboxylic acids is 1. The van der Waals surface area contributed by atoms with Gasteiger partial charge < -0.3 is 10.1 Å². The van der Waals surface area contributed by atoms with E-state index in [2.05, 4.69) is 5.32 Å². The fourth-order valence-corrected chi connectivity index (χ4v) is 2.16. The Bertz CT molecular complexity index is 760. The topological polar surface area (TPSA) is 38.3 Å². The first-order valence-corrected chi connectivity index (χ1v) is 7.41. The molecule has 0 aromatic heterocycles. The van der Waals surface area contributed by atoms with Crippen molar-refractivity contribution in [1.82, 2.24) is 0 Å². The lowest BCUT2D eigenvalue weighted by atomic mass is 10.1. The van der Waals surface area contributed by atoms with Crippen molar-refractivity contribution in [3.63, 3.8) is 0 Å². The van der Waals surface area contributed by atoms with E-state index in [1.165, 1.54) is 0 Å². The number of nitrogens with one attached hydrogen (secondary N) is 1. The molecule has 3 nitrogen and oxygen atoms in total. The van der Waals surface area contributed by atoms with Crippen LogP contribution in [-0.2, 0) is 11.0 Å². The fraction of sp³-hybridized carbons (Fsp3) is 0.235. The summed E-state index contributed by atoms with van der Waals surface area (Å²) in [5, 5.41) is 2.23. The number of benzene rings is 2. The number of hydrogen-bond acceptors (Lipinski definition) is 2. The minimum absolute atomic E-state index is 0.0957. The monoisotopic (exact) mass is 357 g/mol. The summed E-state index contributed by atoms with van der Waals surface area (Å²) in [5.41, 5.74) is 1.34. The fourth-order valence-electron chi connectivity index (χ4n) is 1.93. The van der Waals surface area contributed by atoms with E-state index in [-0.39, 0.29) is 17.3 Å². The van der Waals surface area contributed by atoms with Crippen LogP contribution in [0.5, 0.6) is 5.75 Å². The Kier molecular flexibility index (Phi) is 5.39. The molecule has 0 spiro atoms. The number of hydrogen-bond donors (Lipinski definition) is 1. The second-order valence-corrected chi connectivity index (χ2v) is 5.68. The lowest BCUT2D eigenvalue weighted by Crippen LogP contribution is -2.20. The van der Waals surface area contributed by atoms with Crippen LogP contribution in [0.15, 0.2) is 36.4 Å². The normalized spacial score (nSPS) is 11.2. The summed E-state index contributed by atoms with van der Waals surface area (Å²) >= 11 is 5.78. The van der Waals surface area contributed by atoms with Crippen LogP contribution in [-0.4, -0.2) is 12.5 Å². The van der Waals surface area contributed by atoms with E-state index in [1.54, 1.807) is 12.1 Å². The minimum atomic E-state index is -4.49. The molecule has 0 unspecified atom stereocenters. The third-order valence-electron chi connectivity index (χ3n) is 3.42. The number of anilines is 1. The first-order chi connectivity index (χ1) is 11.2. The molecule has 2 aromatic carbocycles. The van der Waals surface area contributed by atoms with Gasteiger partial charge in [-0.05, 0) is 55.3 Å². The molecule has 2 rings (SSSR count). The van der Waals surface area contributed by atoms with Crippen LogP contribution < -0.4 is 10.1 Å². The second-order valence-electron chi connectivity index (χ2n) is 5.28. The third-order valence-corrected chi connectivity index (χ3v) is 3.73. The van der Waals surface area contributed by atoms with Crippen LogP contribution in [0.2, 0.25) is 5.02 Å². The van der Waals surface area contributed by atoms with Crippen molar-refractivity contribution >= 4 is 23.2 Å². The molecule has 7 heteroatoms. The quantitative estimate of drug-likeness (QED) is 0.836. The van der Waals surface area contributed by atoms with Crippen molar-refractivity contribution in [2.75, 3.05) is 11.9 Å². The largest absolute Gasteiger partial charge is 0.484 e. The SMILES string of the molecule is Cc1ccc(OCC(=O)Nc2ccc(C(F)(F)F)cc2Cl)cc1C. The molecular formula is C17H15ClF3NO2. The Morgan fingerprint density at radius 1 is 1.12 bits per heavy atom. The van der Waals surface area contributed by atoms with Gasteiger partial charge in [0, 0.05) is 0 Å². The third kappa shape index (κ3) is 4.64. The van der Waals surface area contributed by atoms with Crippen molar-refractivity contribution in [2.24, 2.45) is 0 Å². The molecule has 0 fully saturated rings. The van der Waals surface area contributed by atoms with Gasteiger partial charge in [0.25, 0.3) is 5.91 Å². The summed E-state index contributed by atoms with van der Waals surface area (Å²) in [7, 11) is 0. The highest BCUT2D eigenvalue weighted by Gasteiger charge is 2.30. The van der Waals surface area contributed by atoms with Gasteiger partial charge in [0.15, 0.2) is 6.61 Å². The summed E-state index contributed by atoms with van der Waals surface area (Å²) in [6.45, 7) is 3.60. The van der Waals surface area contributed by atoms with E-state index in [0.29, 0.717) is 5.75 Å². The molecule has 0 aliphatic heterocycles. The number of halogens is 4. The Morgan fingerprint density at radius 2 is 1.83 bits per heavy atom. The number of ether oxygens (including phenoxy) is 1. The molecule has 24 heavy (non-hydrogen) atoms. The summed E-state index contributed by atoms with van der Waals surface area (Å²) in [5.74, 6) is 0.0154.